The van der Waals surface area contributed by atoms with Gasteiger partial charge in [-0.05, 0) is 31.9 Å². The fraction of sp³-hybridized carbons (Fsp3) is 0.650. The Kier molecular flexibility index (Phi) is 9.43. The Balaban J connectivity index is 2.21. The van der Waals surface area contributed by atoms with E-state index in [0.717, 1.165) is 38.3 Å². The smallest absolute Gasteiger partial charge is 0.406 e. The summed E-state index contributed by atoms with van der Waals surface area (Å²) in [5.41, 5.74) is 0.375. The summed E-state index contributed by atoms with van der Waals surface area (Å²) in [5.74, 6) is -1.30. The monoisotopic (exact) mass is 400 g/mol. The summed E-state index contributed by atoms with van der Waals surface area (Å²) in [7, 11) is 1.28. The minimum atomic E-state index is -0.726. The van der Waals surface area contributed by atoms with Gasteiger partial charge in [0.15, 0.2) is 11.6 Å². The molecular formula is C20H30F2N2O4. The molecule has 2 rings (SSSR count). The zero-order valence-corrected chi connectivity index (χ0v) is 16.6. The molecule has 6 nitrogen and oxygen atoms in total. The number of ether oxygens (including phenoxy) is 3. The molecule has 1 saturated heterocycles. The number of amides is 1. The normalized spacial score (nSPS) is 17.8. The molecule has 1 aromatic carbocycles. The first kappa shape index (κ1) is 22.4. The summed E-state index contributed by atoms with van der Waals surface area (Å²) in [6, 6.07) is 2.12. The van der Waals surface area contributed by atoms with Crippen LogP contribution < -0.4 is 15.4 Å². The van der Waals surface area contributed by atoms with Crippen LogP contribution in [0.3, 0.4) is 0 Å². The standard InChI is InChI=1S/C20H30F2N2O4/c1-3-4-9-27-19-16(11-15(21)12-17(19)22)18(14-6-5-7-23-13-14)28-10-8-24-20(25)26-2/h11-12,14,18,23H,3-10,13H2,1-2H3,(H,24,25)/t14-,18-/m1/s1. The Bertz CT molecular complexity index is 624. The average molecular weight is 400 g/mol. The van der Waals surface area contributed by atoms with Crippen molar-refractivity contribution in [3.8, 4) is 5.75 Å². The molecule has 1 aliphatic rings. The van der Waals surface area contributed by atoms with Crippen LogP contribution in [-0.4, -0.2) is 46.1 Å². The number of piperidine rings is 1. The lowest BCUT2D eigenvalue weighted by Gasteiger charge is -2.32. The predicted octanol–water partition coefficient (Wildman–Crippen LogP) is 3.56. The molecule has 1 aromatic rings. The molecule has 2 atom stereocenters. The number of alkyl carbamates (subject to hydrolysis) is 1. The maximum atomic E-state index is 14.5. The number of halogens is 2. The Labute approximate surface area is 164 Å². The molecule has 1 fully saturated rings. The molecule has 0 unspecified atom stereocenters. The highest BCUT2D eigenvalue weighted by Gasteiger charge is 2.30. The van der Waals surface area contributed by atoms with Crippen molar-refractivity contribution >= 4 is 6.09 Å². The molecule has 0 spiro atoms. The fourth-order valence-electron chi connectivity index (χ4n) is 3.29. The van der Waals surface area contributed by atoms with Crippen LogP contribution in [-0.2, 0) is 9.47 Å². The van der Waals surface area contributed by atoms with E-state index >= 15 is 0 Å². The van der Waals surface area contributed by atoms with Crippen LogP contribution in [0.1, 0.15) is 44.3 Å². The van der Waals surface area contributed by atoms with E-state index < -0.39 is 23.8 Å². The highest BCUT2D eigenvalue weighted by atomic mass is 19.1. The topological polar surface area (TPSA) is 68.8 Å². The number of benzene rings is 1. The number of methoxy groups -OCH3 is 1. The molecule has 0 aromatic heterocycles. The second-order valence-electron chi connectivity index (χ2n) is 6.82. The number of unbranched alkanes of at least 4 members (excludes halogenated alkanes) is 1. The molecule has 1 heterocycles. The fourth-order valence-corrected chi connectivity index (χ4v) is 3.29. The third-order valence-corrected chi connectivity index (χ3v) is 4.71. The minimum absolute atomic E-state index is 0.0431. The van der Waals surface area contributed by atoms with Crippen LogP contribution in [0.15, 0.2) is 12.1 Å². The number of hydrogen-bond acceptors (Lipinski definition) is 5. The average Bonchev–Trinajstić information content (AvgIpc) is 2.70. The van der Waals surface area contributed by atoms with Gasteiger partial charge >= 0.3 is 6.09 Å². The van der Waals surface area contributed by atoms with E-state index in [1.165, 1.54) is 13.2 Å². The third kappa shape index (κ3) is 6.60. The van der Waals surface area contributed by atoms with Crippen molar-refractivity contribution in [1.82, 2.24) is 10.6 Å². The van der Waals surface area contributed by atoms with Gasteiger partial charge in [0, 0.05) is 30.6 Å². The van der Waals surface area contributed by atoms with Crippen molar-refractivity contribution in [3.63, 3.8) is 0 Å². The van der Waals surface area contributed by atoms with Gasteiger partial charge in [0.05, 0.1) is 26.4 Å². The van der Waals surface area contributed by atoms with E-state index in [9.17, 15) is 13.6 Å². The maximum Gasteiger partial charge on any atom is 0.406 e. The Morgan fingerprint density at radius 1 is 1.36 bits per heavy atom. The highest BCUT2D eigenvalue weighted by Crippen LogP contribution is 2.38. The zero-order chi connectivity index (χ0) is 20.4. The van der Waals surface area contributed by atoms with Crippen LogP contribution in [0, 0.1) is 17.6 Å². The number of rotatable bonds is 10. The summed E-state index contributed by atoms with van der Waals surface area (Å²) >= 11 is 0. The summed E-state index contributed by atoms with van der Waals surface area (Å²) < 4.78 is 44.7. The van der Waals surface area contributed by atoms with Crippen molar-refractivity contribution in [2.75, 3.05) is 40.0 Å². The van der Waals surface area contributed by atoms with Crippen LogP contribution >= 0.6 is 0 Å². The van der Waals surface area contributed by atoms with Crippen molar-refractivity contribution in [2.45, 2.75) is 38.7 Å². The molecule has 0 radical (unpaired) electrons. The quantitative estimate of drug-likeness (QED) is 0.588. The molecule has 158 valence electrons. The molecule has 8 heteroatoms. The SMILES string of the molecule is CCCCOc1c(F)cc(F)cc1[C@H](OCCNC(=O)OC)[C@@H]1CCCNC1. The second-order valence-corrected chi connectivity index (χ2v) is 6.82. The molecule has 0 saturated carbocycles. The van der Waals surface area contributed by atoms with Gasteiger partial charge in [-0.3, -0.25) is 0 Å². The first-order valence-corrected chi connectivity index (χ1v) is 9.82. The van der Waals surface area contributed by atoms with E-state index in [-0.39, 0.29) is 24.8 Å². The molecule has 0 bridgehead atoms. The van der Waals surface area contributed by atoms with Gasteiger partial charge in [-0.25, -0.2) is 13.6 Å². The lowest BCUT2D eigenvalue weighted by Crippen LogP contribution is -2.35. The van der Waals surface area contributed by atoms with Gasteiger partial charge in [0.25, 0.3) is 0 Å². The van der Waals surface area contributed by atoms with Crippen molar-refractivity contribution in [2.24, 2.45) is 5.92 Å². The van der Waals surface area contributed by atoms with Gasteiger partial charge in [-0.1, -0.05) is 13.3 Å². The summed E-state index contributed by atoms with van der Waals surface area (Å²) in [4.78, 5) is 11.2. The number of carbonyl (C=O) groups is 1. The predicted molar refractivity (Wildman–Crippen MR) is 101 cm³/mol. The molecule has 28 heavy (non-hydrogen) atoms. The highest BCUT2D eigenvalue weighted by molar-refractivity contribution is 5.66. The van der Waals surface area contributed by atoms with Crippen molar-refractivity contribution in [1.29, 1.82) is 0 Å². The first-order valence-electron chi connectivity index (χ1n) is 9.82. The first-order chi connectivity index (χ1) is 13.6. The second kappa shape index (κ2) is 11.8. The Hall–Kier alpha value is -1.93. The zero-order valence-electron chi connectivity index (χ0n) is 16.6. The van der Waals surface area contributed by atoms with Gasteiger partial charge in [0.2, 0.25) is 0 Å². The van der Waals surface area contributed by atoms with E-state index in [4.69, 9.17) is 9.47 Å². The van der Waals surface area contributed by atoms with E-state index in [1.54, 1.807) is 0 Å². The van der Waals surface area contributed by atoms with Crippen molar-refractivity contribution < 1.29 is 27.8 Å². The van der Waals surface area contributed by atoms with E-state index in [0.29, 0.717) is 18.7 Å². The van der Waals surface area contributed by atoms with Crippen LogP contribution in [0.2, 0.25) is 0 Å². The Morgan fingerprint density at radius 3 is 2.86 bits per heavy atom. The lowest BCUT2D eigenvalue weighted by molar-refractivity contribution is 0.00250. The number of hydrogen-bond donors (Lipinski definition) is 2. The third-order valence-electron chi connectivity index (χ3n) is 4.71. The maximum absolute atomic E-state index is 14.5. The van der Waals surface area contributed by atoms with Crippen LogP contribution in [0.25, 0.3) is 0 Å². The summed E-state index contributed by atoms with van der Waals surface area (Å²) in [5, 5.41) is 5.85. The van der Waals surface area contributed by atoms with E-state index in [1.807, 2.05) is 6.92 Å². The Morgan fingerprint density at radius 2 is 2.18 bits per heavy atom. The number of nitrogens with one attached hydrogen (secondary N) is 2. The lowest BCUT2D eigenvalue weighted by atomic mass is 9.88. The summed E-state index contributed by atoms with van der Waals surface area (Å²) in [6.07, 6.45) is 2.40. The van der Waals surface area contributed by atoms with Gasteiger partial charge in [-0.15, -0.1) is 0 Å². The summed E-state index contributed by atoms with van der Waals surface area (Å²) in [6.45, 7) is 4.37. The van der Waals surface area contributed by atoms with E-state index in [2.05, 4.69) is 15.4 Å². The number of carbonyl (C=O) groups excluding carboxylic acids is 1. The molecule has 1 amide bonds. The van der Waals surface area contributed by atoms with Gasteiger partial charge in [-0.2, -0.15) is 0 Å². The molecule has 0 aliphatic carbocycles. The largest absolute Gasteiger partial charge is 0.490 e. The molecule has 1 aliphatic heterocycles. The van der Waals surface area contributed by atoms with Gasteiger partial charge in [0.1, 0.15) is 5.82 Å². The van der Waals surface area contributed by atoms with Crippen LogP contribution in [0.5, 0.6) is 5.75 Å². The van der Waals surface area contributed by atoms with Gasteiger partial charge < -0.3 is 24.8 Å². The van der Waals surface area contributed by atoms with Crippen molar-refractivity contribution in [3.05, 3.63) is 29.3 Å². The van der Waals surface area contributed by atoms with Crippen LogP contribution in [0.4, 0.5) is 13.6 Å². The minimum Gasteiger partial charge on any atom is -0.490 e. The molecular weight excluding hydrogens is 370 g/mol. The molecule has 2 N–H and O–H groups in total.